The highest BCUT2D eigenvalue weighted by molar-refractivity contribution is 6.02. The maximum Gasteiger partial charge on any atom is 0.246 e. The van der Waals surface area contributed by atoms with Gasteiger partial charge in [-0.25, -0.2) is 4.98 Å². The molecule has 2 aliphatic rings. The van der Waals surface area contributed by atoms with Crippen molar-refractivity contribution in [2.24, 2.45) is 23.1 Å². The average Bonchev–Trinajstić information content (AvgIpc) is 1.40. The number of guanidine groups is 1. The number of nitrogens with one attached hydrogen (secondary N) is 16. The Hall–Kier alpha value is -13.9. The van der Waals surface area contributed by atoms with E-state index in [0.717, 1.165) is 24.5 Å². The first kappa shape index (κ1) is 105. The molecule has 2 saturated heterocycles. The lowest BCUT2D eigenvalue weighted by Gasteiger charge is -2.36. The highest BCUT2D eigenvalue weighted by atomic mass is 16.3. The molecule has 3 aromatic carbocycles. The van der Waals surface area contributed by atoms with E-state index < -0.39 is 230 Å². The standard InChI is InChI=1S/C90H129N25O19/c1-10-12-30-69-83(128)104-60(29-21-33-96-90(93)94)79(124)105-63(78(123)100-45-73(92)118)41-74(119)99-46-75(120)103-65(36-52-23-15-14-16-24-52)86(131)112(7)51(5)77(122)107-67(40-72(91)117)88(133)115-34-22-32-70(115)84(129)106-62(39-55-44-95-49-101-55)81(126)108-64(35-50(3)4)85(130)111(6)47-76(121)102-61(37-53-42-97-58-27-19-17-25-56(53)58)80(125)110-68(48-116)82(127)109-66(38-54-43-98-59-28-20-18-26-57(54)59)87(132)114(9)71(31-13-11-2)89(134)113(69)8/h14-20,23-28,42-44,49-51,60-71,81,97-98,108,116,126H,10-13,21-22,29-41,45-48H2,1-9H3,(H2,91,117)(H2,92,118)(H,95,101)(H,99,119)(H,100,123)(H,102,121)(H,103,120)(H,104,128)(H,105,124)(H,106,129)(H,107,122)(H,109,127)(H,110,125)(H4,93,94,96)/t51-,60-,61-,62-,63-,64-,65-,66-,67-,68-,69-,70-,71-,81?/m0/s1. The third-order valence-corrected chi connectivity index (χ3v) is 23.6. The number of primary amides is 2. The summed E-state index contributed by atoms with van der Waals surface area (Å²) in [6, 6.07) is 2.39. The van der Waals surface area contributed by atoms with Gasteiger partial charge in [0.1, 0.15) is 72.7 Å². The summed E-state index contributed by atoms with van der Waals surface area (Å²) in [5.41, 5.74) is 19.9. The maximum absolute atomic E-state index is 15.7. The fourth-order valence-electron chi connectivity index (χ4n) is 16.1. The molecule has 2 fully saturated rings. The number of aromatic amines is 3. The molecule has 0 bridgehead atoms. The number of aliphatic hydroxyl groups is 2. The number of amides is 17. The molecule has 17 amide bonds. The van der Waals surface area contributed by atoms with Crippen LogP contribution in [-0.2, 0) is 107 Å². The first-order chi connectivity index (χ1) is 63.8. The van der Waals surface area contributed by atoms with Gasteiger partial charge < -0.3 is 125 Å². The molecule has 44 nitrogen and oxygen atoms in total. The number of imidazole rings is 1. The molecule has 1 unspecified atom stereocenters. The minimum absolute atomic E-state index is 0.00233. The lowest BCUT2D eigenvalue weighted by atomic mass is 10.00. The van der Waals surface area contributed by atoms with Gasteiger partial charge >= 0.3 is 0 Å². The number of hydrogen-bond acceptors (Lipinski definition) is 22. The Balaban J connectivity index is 1.18. The summed E-state index contributed by atoms with van der Waals surface area (Å²) in [6.45, 7) is 4.90. The highest BCUT2D eigenvalue weighted by Gasteiger charge is 2.44. The molecule has 0 radical (unpaired) electrons. The Labute approximate surface area is 775 Å². The van der Waals surface area contributed by atoms with E-state index in [1.165, 1.54) is 47.6 Å². The van der Waals surface area contributed by atoms with Gasteiger partial charge in [0.25, 0.3) is 0 Å². The summed E-state index contributed by atoms with van der Waals surface area (Å²) >= 11 is 0. The van der Waals surface area contributed by atoms with E-state index in [0.29, 0.717) is 69.9 Å². The Kier molecular flexibility index (Phi) is 40.3. The fourth-order valence-corrected chi connectivity index (χ4v) is 16.1. The Morgan fingerprint density at radius 3 is 1.72 bits per heavy atom. The number of carbonyl (C=O) groups is 17. The van der Waals surface area contributed by atoms with Gasteiger partial charge in [-0.2, -0.15) is 0 Å². The van der Waals surface area contributed by atoms with E-state index in [2.05, 4.69) is 83.7 Å². The van der Waals surface area contributed by atoms with Crippen molar-refractivity contribution in [3.63, 3.8) is 0 Å². The summed E-state index contributed by atoms with van der Waals surface area (Å²) in [6.07, 6.45) is 3.12. The second kappa shape index (κ2) is 51.2. The second-order valence-corrected chi connectivity index (χ2v) is 34.3. The molecule has 134 heavy (non-hydrogen) atoms. The molecule has 728 valence electrons. The van der Waals surface area contributed by atoms with Gasteiger partial charge in [0, 0.05) is 113 Å². The largest absolute Gasteiger partial charge is 0.394 e. The van der Waals surface area contributed by atoms with Crippen LogP contribution in [-0.4, -0.2) is 313 Å². The molecule has 0 aliphatic carbocycles. The first-order valence-electron chi connectivity index (χ1n) is 44.9. The van der Waals surface area contributed by atoms with Gasteiger partial charge in [-0.3, -0.25) is 92.2 Å². The van der Waals surface area contributed by atoms with Crippen molar-refractivity contribution >= 4 is 128 Å². The van der Waals surface area contributed by atoms with Crippen LogP contribution in [0.2, 0.25) is 0 Å². The van der Waals surface area contributed by atoms with Crippen LogP contribution >= 0.6 is 0 Å². The summed E-state index contributed by atoms with van der Waals surface area (Å²) < 4.78 is 0. The molecule has 6 aromatic rings. The monoisotopic (exact) mass is 1860 g/mol. The SMILES string of the molecule is CCCC[C@H]1C(=O)N(C)[C@@H](CCCC)C(=O)N[C@@H](CCCNC(=N)N)C(=O)N[C@H](C(=O)NCC(N)=O)CC(=O)NCC(=O)N[C@@H](Cc2ccccc2)C(=O)N(C)[C@@H](C)C(=O)N[C@@H](CC(N)=O)C(=O)N2CCC[C@H]2C(=O)N[C@@H](Cc2cnc[nH]2)C(O)N[C@@H](CC(C)C)C(=O)N(C)CC(=O)N[C@@H](Cc2c[nH]c3ccccc23)C(=O)N[C@@H](CO)C(=O)N[C@@H](Cc2c[nH]c3ccccc23)C(=O)N1C. The van der Waals surface area contributed by atoms with Crippen LogP contribution in [0.1, 0.15) is 140 Å². The van der Waals surface area contributed by atoms with Crippen molar-refractivity contribution in [2.45, 2.75) is 229 Å². The van der Waals surface area contributed by atoms with E-state index in [4.69, 9.17) is 22.6 Å². The molecule has 44 heteroatoms. The summed E-state index contributed by atoms with van der Waals surface area (Å²) in [5.74, 6) is -17.0. The molecule has 0 spiro atoms. The van der Waals surface area contributed by atoms with E-state index in [1.54, 1.807) is 105 Å². The number of likely N-dealkylation sites (N-methyl/N-ethyl adjacent to an activating group) is 4. The van der Waals surface area contributed by atoms with Gasteiger partial charge in [0.2, 0.25) is 100 Å². The van der Waals surface area contributed by atoms with Crippen molar-refractivity contribution in [1.29, 1.82) is 5.41 Å². The fraction of sp³-hybridized carbons (Fsp3) is 0.522. The van der Waals surface area contributed by atoms with Gasteiger partial charge in [-0.1, -0.05) is 120 Å². The van der Waals surface area contributed by atoms with Crippen molar-refractivity contribution in [2.75, 3.05) is 67.5 Å². The number of para-hydroxylation sites is 2. The quantitative estimate of drug-likeness (QED) is 0.0142. The van der Waals surface area contributed by atoms with Crippen LogP contribution in [0.4, 0.5) is 0 Å². The number of aliphatic hydroxyl groups excluding tert-OH is 2. The van der Waals surface area contributed by atoms with Gasteiger partial charge in [-0.05, 0) is 86.6 Å². The molecule has 14 atom stereocenters. The number of carbonyl (C=O) groups excluding carboxylic acids is 17. The number of H-pyrrole nitrogens is 3. The number of benzene rings is 3. The predicted molar refractivity (Wildman–Crippen MR) is 491 cm³/mol. The Morgan fingerprint density at radius 1 is 0.552 bits per heavy atom. The third kappa shape index (κ3) is 30.6. The lowest BCUT2D eigenvalue weighted by Crippen LogP contribution is -2.61. The van der Waals surface area contributed by atoms with Crippen LogP contribution in [0.15, 0.2) is 104 Å². The van der Waals surface area contributed by atoms with E-state index in [9.17, 15) is 67.7 Å². The molecule has 2 aliphatic heterocycles. The van der Waals surface area contributed by atoms with E-state index in [1.807, 2.05) is 13.8 Å². The molecular weight excluding hydrogens is 1740 g/mol. The van der Waals surface area contributed by atoms with Crippen molar-refractivity contribution in [1.82, 2.24) is 108 Å². The molecular formula is C90H129N25O19. The van der Waals surface area contributed by atoms with Crippen LogP contribution in [0, 0.1) is 11.3 Å². The number of aromatic nitrogens is 4. The maximum atomic E-state index is 15.7. The smallest absolute Gasteiger partial charge is 0.246 e. The molecule has 0 saturated carbocycles. The Morgan fingerprint density at radius 2 is 1.12 bits per heavy atom. The number of unbranched alkanes of at least 4 members (excludes halogenated alkanes) is 2. The molecule has 24 N–H and O–H groups in total. The van der Waals surface area contributed by atoms with Crippen LogP contribution in [0.3, 0.4) is 0 Å². The van der Waals surface area contributed by atoms with Crippen molar-refractivity contribution < 1.29 is 91.7 Å². The number of fused-ring (bicyclic) bond motifs is 3. The van der Waals surface area contributed by atoms with Crippen LogP contribution < -0.4 is 81.0 Å². The topological polar surface area (TPSA) is 653 Å². The summed E-state index contributed by atoms with van der Waals surface area (Å²) in [7, 11) is 5.19. The van der Waals surface area contributed by atoms with Gasteiger partial charge in [-0.15, -0.1) is 0 Å². The van der Waals surface area contributed by atoms with Crippen molar-refractivity contribution in [3.05, 3.63) is 126 Å². The zero-order valence-corrected chi connectivity index (χ0v) is 77.0. The number of hydrogen-bond donors (Lipinski definition) is 21. The summed E-state index contributed by atoms with van der Waals surface area (Å²) in [5, 5.41) is 63.8. The van der Waals surface area contributed by atoms with E-state index >= 15 is 24.0 Å². The lowest BCUT2D eigenvalue weighted by molar-refractivity contribution is -0.149. The number of rotatable bonds is 26. The third-order valence-electron chi connectivity index (χ3n) is 23.6. The first-order valence-corrected chi connectivity index (χ1v) is 44.9. The van der Waals surface area contributed by atoms with Gasteiger partial charge in [0.15, 0.2) is 5.96 Å². The van der Waals surface area contributed by atoms with Crippen molar-refractivity contribution in [3.8, 4) is 0 Å². The van der Waals surface area contributed by atoms with Crippen LogP contribution in [0.25, 0.3) is 21.8 Å². The molecule has 5 heterocycles. The summed E-state index contributed by atoms with van der Waals surface area (Å²) in [4.78, 5) is 266. The highest BCUT2D eigenvalue weighted by Crippen LogP contribution is 2.26. The zero-order valence-electron chi connectivity index (χ0n) is 77.0. The molecule has 3 aromatic heterocycles. The normalized spacial score (nSPS) is 24.0. The molecule has 8 rings (SSSR count). The van der Waals surface area contributed by atoms with E-state index in [-0.39, 0.29) is 89.6 Å². The average molecular weight is 1870 g/mol. The van der Waals surface area contributed by atoms with Gasteiger partial charge in [0.05, 0.1) is 57.5 Å². The zero-order chi connectivity index (χ0) is 98.2. The van der Waals surface area contributed by atoms with Crippen LogP contribution in [0.5, 0.6) is 0 Å². The second-order valence-electron chi connectivity index (χ2n) is 34.3. The number of nitrogens with zero attached hydrogens (tertiary/aromatic N) is 6. The minimum atomic E-state index is -1.90. The predicted octanol–water partition coefficient (Wildman–Crippen LogP) is -3.57. The minimum Gasteiger partial charge on any atom is -0.394 e. The Bertz CT molecular complexity index is 5100. The number of nitrogens with two attached hydrogens (primary N) is 3.